The molecule has 2 heterocycles. The summed E-state index contributed by atoms with van der Waals surface area (Å²) in [6, 6.07) is 7.98. The Kier molecular flexibility index (Phi) is 3.09. The Morgan fingerprint density at radius 1 is 1.18 bits per heavy atom. The lowest BCUT2D eigenvalue weighted by atomic mass is 10.2. The minimum absolute atomic E-state index is 0.864. The van der Waals surface area contributed by atoms with Gasteiger partial charge in [-0.2, -0.15) is 0 Å². The van der Waals surface area contributed by atoms with Crippen LogP contribution in [0.1, 0.15) is 0 Å². The predicted octanol–water partition coefficient (Wildman–Crippen LogP) is 4.00. The van der Waals surface area contributed by atoms with E-state index in [1.54, 1.807) is 29.4 Å². The molecule has 17 heavy (non-hydrogen) atoms. The molecule has 0 amide bonds. The highest BCUT2D eigenvalue weighted by molar-refractivity contribution is 9.10. The van der Waals surface area contributed by atoms with E-state index in [9.17, 15) is 0 Å². The Labute approximate surface area is 114 Å². The van der Waals surface area contributed by atoms with Crippen LogP contribution in [0, 0.1) is 0 Å². The molecule has 0 aliphatic heterocycles. The van der Waals surface area contributed by atoms with E-state index in [1.165, 1.54) is 0 Å². The van der Waals surface area contributed by atoms with Crippen LogP contribution in [0.4, 0.5) is 0 Å². The molecule has 0 atom stereocenters. The van der Waals surface area contributed by atoms with Crippen molar-refractivity contribution >= 4 is 49.9 Å². The van der Waals surface area contributed by atoms with Crippen molar-refractivity contribution in [3.05, 3.63) is 40.6 Å². The molecule has 1 aromatic carbocycles. The first-order chi connectivity index (χ1) is 8.33. The van der Waals surface area contributed by atoms with Crippen molar-refractivity contribution in [3.63, 3.8) is 0 Å². The second kappa shape index (κ2) is 4.72. The van der Waals surface area contributed by atoms with Gasteiger partial charge in [0.05, 0.1) is 5.52 Å². The van der Waals surface area contributed by atoms with Crippen molar-refractivity contribution in [1.29, 1.82) is 0 Å². The lowest BCUT2D eigenvalue weighted by molar-refractivity contribution is 1.09. The number of thiazole rings is 1. The first-order valence-corrected chi connectivity index (χ1v) is 7.30. The zero-order valence-electron chi connectivity index (χ0n) is 8.50. The minimum atomic E-state index is 0.864. The summed E-state index contributed by atoms with van der Waals surface area (Å²) >= 11 is 6.51. The molecule has 2 aromatic heterocycles. The van der Waals surface area contributed by atoms with E-state index in [4.69, 9.17) is 0 Å². The number of para-hydroxylation sites is 1. The van der Waals surface area contributed by atoms with Crippen LogP contribution in [0.5, 0.6) is 0 Å². The third kappa shape index (κ3) is 2.34. The summed E-state index contributed by atoms with van der Waals surface area (Å²) in [5.74, 6) is 0. The van der Waals surface area contributed by atoms with Gasteiger partial charge >= 0.3 is 0 Å². The molecule has 3 rings (SSSR count). The van der Waals surface area contributed by atoms with Crippen LogP contribution >= 0.6 is 39.0 Å². The smallest absolute Gasteiger partial charge is 0.157 e. The summed E-state index contributed by atoms with van der Waals surface area (Å²) in [6.45, 7) is 0. The molecule has 0 fully saturated rings. The van der Waals surface area contributed by atoms with E-state index in [0.29, 0.717) is 0 Å². The topological polar surface area (TPSA) is 38.7 Å². The van der Waals surface area contributed by atoms with E-state index >= 15 is 0 Å². The van der Waals surface area contributed by atoms with Gasteiger partial charge in [0.15, 0.2) is 4.34 Å². The van der Waals surface area contributed by atoms with Crippen molar-refractivity contribution in [2.24, 2.45) is 0 Å². The first kappa shape index (κ1) is 11.1. The lowest BCUT2D eigenvalue weighted by Crippen LogP contribution is -1.85. The second-order valence-electron chi connectivity index (χ2n) is 3.23. The fraction of sp³-hybridized carbons (Fsp3) is 0. The van der Waals surface area contributed by atoms with Gasteiger partial charge in [0.1, 0.15) is 16.0 Å². The van der Waals surface area contributed by atoms with Gasteiger partial charge < -0.3 is 0 Å². The van der Waals surface area contributed by atoms with Crippen LogP contribution in [-0.2, 0) is 0 Å². The molecule has 0 saturated carbocycles. The molecule has 0 N–H and O–H groups in total. The highest BCUT2D eigenvalue weighted by Crippen LogP contribution is 2.33. The third-order valence-corrected chi connectivity index (χ3v) is 4.81. The Hall–Kier alpha value is -0.980. The summed E-state index contributed by atoms with van der Waals surface area (Å²) in [6.07, 6.45) is 1.59. The summed E-state index contributed by atoms with van der Waals surface area (Å²) in [4.78, 5) is 12.9. The van der Waals surface area contributed by atoms with Crippen LogP contribution in [-0.4, -0.2) is 15.0 Å². The molecule has 3 aromatic rings. The molecule has 3 nitrogen and oxygen atoms in total. The van der Waals surface area contributed by atoms with Gasteiger partial charge in [0, 0.05) is 10.8 Å². The number of aromatic nitrogens is 3. The maximum Gasteiger partial charge on any atom is 0.157 e. The van der Waals surface area contributed by atoms with Crippen LogP contribution in [0.15, 0.2) is 49.9 Å². The minimum Gasteiger partial charge on any atom is -0.236 e. The highest BCUT2D eigenvalue weighted by Gasteiger charge is 2.07. The monoisotopic (exact) mass is 323 g/mol. The van der Waals surface area contributed by atoms with Crippen molar-refractivity contribution in [3.8, 4) is 0 Å². The quantitative estimate of drug-likeness (QED) is 0.668. The molecule has 0 radical (unpaired) electrons. The third-order valence-electron chi connectivity index (χ3n) is 2.15. The van der Waals surface area contributed by atoms with Crippen molar-refractivity contribution in [2.45, 2.75) is 9.37 Å². The second-order valence-corrected chi connectivity index (χ2v) is 6.14. The molecule has 0 unspecified atom stereocenters. The molecular weight excluding hydrogens is 318 g/mol. The molecule has 0 aliphatic rings. The van der Waals surface area contributed by atoms with Gasteiger partial charge in [0.25, 0.3) is 0 Å². The lowest BCUT2D eigenvalue weighted by Gasteiger charge is -2.01. The largest absolute Gasteiger partial charge is 0.236 e. The Morgan fingerprint density at radius 3 is 2.88 bits per heavy atom. The van der Waals surface area contributed by atoms with Gasteiger partial charge in [-0.3, -0.25) is 0 Å². The standard InChI is InChI=1S/C11H6BrN3S2/c12-9-5-16-11(15-9)17-10-7-3-1-2-4-8(7)13-6-14-10/h1-6H. The fourth-order valence-corrected chi connectivity index (χ4v) is 3.79. The molecule has 6 heteroatoms. The van der Waals surface area contributed by atoms with Crippen molar-refractivity contribution in [1.82, 2.24) is 15.0 Å². The Balaban J connectivity index is 2.05. The van der Waals surface area contributed by atoms with Gasteiger partial charge in [-0.05, 0) is 33.8 Å². The Bertz CT molecular complexity index is 663. The molecule has 0 spiro atoms. The summed E-state index contributed by atoms with van der Waals surface area (Å²) < 4.78 is 1.84. The molecule has 0 saturated heterocycles. The van der Waals surface area contributed by atoms with Gasteiger partial charge in [0.2, 0.25) is 0 Å². The van der Waals surface area contributed by atoms with E-state index in [1.807, 2.05) is 29.6 Å². The number of benzene rings is 1. The van der Waals surface area contributed by atoms with E-state index < -0.39 is 0 Å². The van der Waals surface area contributed by atoms with Crippen LogP contribution < -0.4 is 0 Å². The molecular formula is C11H6BrN3S2. The van der Waals surface area contributed by atoms with Crippen molar-refractivity contribution < 1.29 is 0 Å². The fourth-order valence-electron chi connectivity index (χ4n) is 1.43. The average molecular weight is 324 g/mol. The van der Waals surface area contributed by atoms with E-state index in [2.05, 4.69) is 30.9 Å². The SMILES string of the molecule is Brc1csc(Sc2ncnc3ccccc23)n1. The number of rotatable bonds is 2. The normalized spacial score (nSPS) is 10.9. The molecule has 0 aliphatic carbocycles. The number of fused-ring (bicyclic) bond motifs is 1. The molecule has 84 valence electrons. The van der Waals surface area contributed by atoms with Gasteiger partial charge in [-0.15, -0.1) is 11.3 Å². The van der Waals surface area contributed by atoms with Crippen LogP contribution in [0.25, 0.3) is 10.9 Å². The van der Waals surface area contributed by atoms with E-state index in [-0.39, 0.29) is 0 Å². The Morgan fingerprint density at radius 2 is 2.06 bits per heavy atom. The first-order valence-electron chi connectivity index (χ1n) is 4.81. The van der Waals surface area contributed by atoms with Crippen LogP contribution in [0.2, 0.25) is 0 Å². The number of hydrogen-bond donors (Lipinski definition) is 0. The van der Waals surface area contributed by atoms with Gasteiger partial charge in [-0.1, -0.05) is 18.2 Å². The zero-order valence-corrected chi connectivity index (χ0v) is 11.7. The zero-order chi connectivity index (χ0) is 11.7. The number of nitrogens with zero attached hydrogens (tertiary/aromatic N) is 3. The summed E-state index contributed by atoms with van der Waals surface area (Å²) in [7, 11) is 0. The van der Waals surface area contributed by atoms with Crippen LogP contribution in [0.3, 0.4) is 0 Å². The number of halogens is 1. The predicted molar refractivity (Wildman–Crippen MR) is 73.5 cm³/mol. The summed E-state index contributed by atoms with van der Waals surface area (Å²) in [5, 5.41) is 3.97. The summed E-state index contributed by atoms with van der Waals surface area (Å²) in [5.41, 5.74) is 0.959. The molecule has 0 bridgehead atoms. The average Bonchev–Trinajstić information content (AvgIpc) is 2.75. The highest BCUT2D eigenvalue weighted by atomic mass is 79.9. The van der Waals surface area contributed by atoms with Crippen molar-refractivity contribution in [2.75, 3.05) is 0 Å². The van der Waals surface area contributed by atoms with E-state index in [0.717, 1.165) is 24.9 Å². The van der Waals surface area contributed by atoms with Gasteiger partial charge in [-0.25, -0.2) is 15.0 Å². The number of hydrogen-bond acceptors (Lipinski definition) is 5. The maximum absolute atomic E-state index is 4.35. The maximum atomic E-state index is 4.35.